The third kappa shape index (κ3) is 3.22. The maximum absolute atomic E-state index is 5.41. The maximum Gasteiger partial charge on any atom is 0.162 e. The summed E-state index contributed by atoms with van der Waals surface area (Å²) in [4.78, 5) is 1.41. The second-order valence-corrected chi connectivity index (χ2v) is 3.92. The lowest BCUT2D eigenvalue weighted by molar-refractivity contribution is -0.899. The Hall–Kier alpha value is -1.06. The van der Waals surface area contributed by atoms with Crippen LogP contribution >= 0.6 is 0 Å². The van der Waals surface area contributed by atoms with Gasteiger partial charge < -0.3 is 15.4 Å². The fraction of sp³-hybridized carbons (Fsp3) is 0.500. The molecule has 0 aromatic heterocycles. The smallest absolute Gasteiger partial charge is 0.162 e. The van der Waals surface area contributed by atoms with E-state index in [1.165, 1.54) is 10.5 Å². The molecule has 3 heteroatoms. The van der Waals surface area contributed by atoms with Gasteiger partial charge in [0.05, 0.1) is 20.7 Å². The molecule has 0 heterocycles. The van der Waals surface area contributed by atoms with Crippen LogP contribution in [0.4, 0.5) is 0 Å². The Morgan fingerprint density at radius 1 is 1.27 bits per heavy atom. The predicted octanol–water partition coefficient (Wildman–Crippen LogP) is -0.487. The van der Waals surface area contributed by atoms with Gasteiger partial charge in [0.25, 0.3) is 0 Å². The van der Waals surface area contributed by atoms with Crippen LogP contribution in [0.2, 0.25) is 0 Å². The van der Waals surface area contributed by atoms with Crippen molar-refractivity contribution in [1.82, 2.24) is 0 Å². The summed E-state index contributed by atoms with van der Waals surface area (Å²) >= 11 is 0. The summed E-state index contributed by atoms with van der Waals surface area (Å²) in [5.41, 5.74) is 5.32. The molecule has 0 aliphatic carbocycles. The standard InChI is InChI=1S/C12H20N2O/c1-4-15-11-7-5-10(6-8-11)12(9-13)14(2)3/h5-8,12H,4,9,13H2,1-3H3/p+2/t12-/m1/s1. The minimum absolute atomic E-state index is 0.473. The van der Waals surface area contributed by atoms with Crippen molar-refractivity contribution in [2.24, 2.45) is 0 Å². The first-order valence-electron chi connectivity index (χ1n) is 5.51. The highest BCUT2D eigenvalue weighted by molar-refractivity contribution is 5.28. The number of ether oxygens (including phenoxy) is 1. The van der Waals surface area contributed by atoms with Gasteiger partial charge in [-0.2, -0.15) is 0 Å². The van der Waals surface area contributed by atoms with E-state index < -0.39 is 0 Å². The molecule has 4 N–H and O–H groups in total. The molecule has 0 saturated carbocycles. The SMILES string of the molecule is CCOc1ccc([C@@H](C[NH3+])[NH+](C)C)cc1. The Morgan fingerprint density at radius 3 is 2.27 bits per heavy atom. The van der Waals surface area contributed by atoms with Gasteiger partial charge in [0.15, 0.2) is 6.04 Å². The van der Waals surface area contributed by atoms with Gasteiger partial charge in [-0.1, -0.05) is 0 Å². The number of nitrogens with one attached hydrogen (secondary N) is 1. The first kappa shape index (κ1) is 12.0. The topological polar surface area (TPSA) is 41.3 Å². The van der Waals surface area contributed by atoms with Crippen molar-refractivity contribution in [1.29, 1.82) is 0 Å². The zero-order valence-corrected chi connectivity index (χ0v) is 9.92. The fourth-order valence-electron chi connectivity index (χ4n) is 1.75. The molecule has 1 atom stereocenters. The van der Waals surface area contributed by atoms with Gasteiger partial charge in [0.2, 0.25) is 0 Å². The van der Waals surface area contributed by atoms with E-state index in [0.29, 0.717) is 6.04 Å². The van der Waals surface area contributed by atoms with Crippen LogP contribution in [0.25, 0.3) is 0 Å². The molecule has 0 aliphatic rings. The van der Waals surface area contributed by atoms with E-state index in [0.717, 1.165) is 18.9 Å². The average Bonchev–Trinajstić information content (AvgIpc) is 2.21. The molecule has 1 aromatic rings. The lowest BCUT2D eigenvalue weighted by atomic mass is 10.1. The van der Waals surface area contributed by atoms with Crippen molar-refractivity contribution < 1.29 is 15.4 Å². The van der Waals surface area contributed by atoms with Gasteiger partial charge >= 0.3 is 0 Å². The molecule has 15 heavy (non-hydrogen) atoms. The minimum atomic E-state index is 0.473. The van der Waals surface area contributed by atoms with E-state index in [9.17, 15) is 0 Å². The third-order valence-electron chi connectivity index (χ3n) is 2.58. The van der Waals surface area contributed by atoms with Crippen LogP contribution in [0.15, 0.2) is 24.3 Å². The lowest BCUT2D eigenvalue weighted by Crippen LogP contribution is -3.07. The van der Waals surface area contributed by atoms with Crippen LogP contribution in [-0.4, -0.2) is 27.2 Å². The number of hydrogen-bond donors (Lipinski definition) is 2. The summed E-state index contributed by atoms with van der Waals surface area (Å²) in [7, 11) is 4.32. The molecule has 84 valence electrons. The van der Waals surface area contributed by atoms with Crippen molar-refractivity contribution in [2.45, 2.75) is 13.0 Å². The molecule has 3 nitrogen and oxygen atoms in total. The summed E-state index contributed by atoms with van der Waals surface area (Å²) in [6.07, 6.45) is 0. The van der Waals surface area contributed by atoms with Crippen LogP contribution in [0, 0.1) is 0 Å². The van der Waals surface area contributed by atoms with Crippen molar-refractivity contribution in [2.75, 3.05) is 27.2 Å². The normalized spacial score (nSPS) is 12.9. The van der Waals surface area contributed by atoms with Gasteiger partial charge in [-0.3, -0.25) is 0 Å². The molecule has 0 unspecified atom stereocenters. The number of hydrogen-bond acceptors (Lipinski definition) is 1. The van der Waals surface area contributed by atoms with E-state index in [-0.39, 0.29) is 0 Å². The molecule has 0 fully saturated rings. The van der Waals surface area contributed by atoms with E-state index in [4.69, 9.17) is 4.74 Å². The summed E-state index contributed by atoms with van der Waals surface area (Å²) in [6, 6.07) is 8.80. The van der Waals surface area contributed by atoms with E-state index in [1.54, 1.807) is 0 Å². The molecular weight excluding hydrogens is 188 g/mol. The van der Waals surface area contributed by atoms with E-state index in [1.807, 2.05) is 19.1 Å². The Labute approximate surface area is 91.8 Å². The molecule has 0 amide bonds. The van der Waals surface area contributed by atoms with Crippen LogP contribution in [0.5, 0.6) is 5.75 Å². The number of likely N-dealkylation sites (N-methyl/N-ethyl adjacent to an activating group) is 1. The highest BCUT2D eigenvalue weighted by atomic mass is 16.5. The highest BCUT2D eigenvalue weighted by Crippen LogP contribution is 2.15. The molecule has 0 aliphatic heterocycles. The Balaban J connectivity index is 2.77. The number of rotatable bonds is 5. The molecule has 0 radical (unpaired) electrons. The van der Waals surface area contributed by atoms with Gasteiger partial charge in [-0.25, -0.2) is 0 Å². The first-order valence-corrected chi connectivity index (χ1v) is 5.51. The Morgan fingerprint density at radius 2 is 1.87 bits per heavy atom. The molecular formula is C12H22N2O+2. The van der Waals surface area contributed by atoms with Crippen LogP contribution < -0.4 is 15.4 Å². The highest BCUT2D eigenvalue weighted by Gasteiger charge is 2.17. The Bertz CT molecular complexity index is 282. The zero-order valence-electron chi connectivity index (χ0n) is 9.92. The predicted molar refractivity (Wildman–Crippen MR) is 60.9 cm³/mol. The number of benzene rings is 1. The van der Waals surface area contributed by atoms with Gasteiger partial charge in [-0.05, 0) is 31.2 Å². The van der Waals surface area contributed by atoms with Crippen LogP contribution in [-0.2, 0) is 0 Å². The molecule has 1 aromatic carbocycles. The Kier molecular flexibility index (Phi) is 4.59. The van der Waals surface area contributed by atoms with Crippen molar-refractivity contribution in [3.8, 4) is 5.75 Å². The average molecular weight is 210 g/mol. The lowest BCUT2D eigenvalue weighted by Gasteiger charge is -2.18. The van der Waals surface area contributed by atoms with Crippen LogP contribution in [0.1, 0.15) is 18.5 Å². The van der Waals surface area contributed by atoms with E-state index in [2.05, 4.69) is 32.0 Å². The van der Waals surface area contributed by atoms with Crippen molar-refractivity contribution in [3.63, 3.8) is 0 Å². The van der Waals surface area contributed by atoms with Crippen molar-refractivity contribution in [3.05, 3.63) is 29.8 Å². The quantitative estimate of drug-likeness (QED) is 0.677. The molecule has 1 rings (SSSR count). The zero-order chi connectivity index (χ0) is 11.3. The second-order valence-electron chi connectivity index (χ2n) is 3.92. The largest absolute Gasteiger partial charge is 0.494 e. The number of quaternary nitrogens is 2. The van der Waals surface area contributed by atoms with Crippen molar-refractivity contribution >= 4 is 0 Å². The van der Waals surface area contributed by atoms with Gasteiger partial charge in [0.1, 0.15) is 12.3 Å². The summed E-state index contributed by atoms with van der Waals surface area (Å²) in [5.74, 6) is 0.942. The minimum Gasteiger partial charge on any atom is -0.494 e. The van der Waals surface area contributed by atoms with Crippen LogP contribution in [0.3, 0.4) is 0 Å². The fourth-order valence-corrected chi connectivity index (χ4v) is 1.75. The molecule has 0 saturated heterocycles. The molecule has 0 spiro atoms. The maximum atomic E-state index is 5.41. The third-order valence-corrected chi connectivity index (χ3v) is 2.58. The summed E-state index contributed by atoms with van der Waals surface area (Å²) in [5, 5.41) is 0. The second kappa shape index (κ2) is 5.73. The monoisotopic (exact) mass is 210 g/mol. The summed E-state index contributed by atoms with van der Waals surface area (Å²) in [6.45, 7) is 3.63. The van der Waals surface area contributed by atoms with Gasteiger partial charge in [0, 0.05) is 5.56 Å². The summed E-state index contributed by atoms with van der Waals surface area (Å²) < 4.78 is 5.41. The molecule has 0 bridgehead atoms. The first-order chi connectivity index (χ1) is 7.19. The van der Waals surface area contributed by atoms with Gasteiger partial charge in [-0.15, -0.1) is 0 Å². The van der Waals surface area contributed by atoms with E-state index >= 15 is 0 Å².